The average molecular weight is 370 g/mol. The quantitative estimate of drug-likeness (QED) is 0.423. The van der Waals surface area contributed by atoms with Crippen LogP contribution >= 0.6 is 0 Å². The first-order valence-corrected chi connectivity index (χ1v) is 12.7. The number of hydrogen-bond donors (Lipinski definition) is 0. The second-order valence-electron chi connectivity index (χ2n) is 8.38. The summed E-state index contributed by atoms with van der Waals surface area (Å²) in [5.74, 6) is 7.31. The van der Waals surface area contributed by atoms with Gasteiger partial charge in [0, 0.05) is 18.5 Å². The molecule has 1 aromatic carbocycles. The third-order valence-electron chi connectivity index (χ3n) is 3.93. The van der Waals surface area contributed by atoms with Gasteiger partial charge >= 0.3 is 0 Å². The van der Waals surface area contributed by atoms with Crippen LogP contribution in [0.5, 0.6) is 5.75 Å². The van der Waals surface area contributed by atoms with E-state index in [1.807, 2.05) is 12.1 Å². The highest BCUT2D eigenvalue weighted by molar-refractivity contribution is 6.82. The van der Waals surface area contributed by atoms with Crippen molar-refractivity contribution in [3.05, 3.63) is 54.3 Å². The standard InChI is InChI=1S/C23H35NOSi/c1-8-24(17-12-10-11-16-23(3,4)5)19-21-14-13-15-22(18-21)25-20-26(6,7)9-2/h9-10,12-15,18H,2,8,17,19-20H2,1,3-7H3/b12-10+. The van der Waals surface area contributed by atoms with E-state index in [4.69, 9.17) is 4.74 Å². The summed E-state index contributed by atoms with van der Waals surface area (Å²) in [6, 6.07) is 8.43. The SMILES string of the molecule is C=C[Si](C)(C)COc1cccc(CN(CC)C/C=C/C#CC(C)(C)C)c1. The Balaban J connectivity index is 2.62. The molecular weight excluding hydrogens is 334 g/mol. The monoisotopic (exact) mass is 369 g/mol. The van der Waals surface area contributed by atoms with E-state index in [0.717, 1.165) is 31.6 Å². The first-order valence-electron chi connectivity index (χ1n) is 9.40. The molecule has 3 heteroatoms. The lowest BCUT2D eigenvalue weighted by Gasteiger charge is -2.20. The van der Waals surface area contributed by atoms with Crippen LogP contribution in [-0.2, 0) is 6.54 Å². The minimum atomic E-state index is -1.45. The van der Waals surface area contributed by atoms with E-state index in [0.29, 0.717) is 0 Å². The summed E-state index contributed by atoms with van der Waals surface area (Å²) in [6.07, 6.45) is 4.88. The number of benzene rings is 1. The highest BCUT2D eigenvalue weighted by atomic mass is 28.3. The molecule has 0 radical (unpaired) electrons. The summed E-state index contributed by atoms with van der Waals surface area (Å²) >= 11 is 0. The number of allylic oxidation sites excluding steroid dienone is 1. The van der Waals surface area contributed by atoms with Crippen LogP contribution in [0.3, 0.4) is 0 Å². The van der Waals surface area contributed by atoms with Crippen molar-refractivity contribution >= 4 is 8.07 Å². The smallest absolute Gasteiger partial charge is 0.119 e. The van der Waals surface area contributed by atoms with E-state index in [1.54, 1.807) is 0 Å². The van der Waals surface area contributed by atoms with Crippen molar-refractivity contribution < 1.29 is 4.74 Å². The van der Waals surface area contributed by atoms with Crippen molar-refractivity contribution in [2.75, 3.05) is 19.3 Å². The molecule has 0 aromatic heterocycles. The maximum Gasteiger partial charge on any atom is 0.119 e. The normalized spacial score (nSPS) is 12.1. The van der Waals surface area contributed by atoms with Crippen LogP contribution in [0.4, 0.5) is 0 Å². The lowest BCUT2D eigenvalue weighted by atomic mass is 9.98. The Labute approximate surface area is 162 Å². The van der Waals surface area contributed by atoms with E-state index in [2.05, 4.69) is 94.1 Å². The fourth-order valence-electron chi connectivity index (χ4n) is 2.14. The van der Waals surface area contributed by atoms with Crippen molar-refractivity contribution in [1.29, 1.82) is 0 Å². The molecule has 2 nitrogen and oxygen atoms in total. The molecule has 1 aromatic rings. The molecule has 0 aliphatic carbocycles. The zero-order valence-corrected chi connectivity index (χ0v) is 18.4. The fourth-order valence-corrected chi connectivity index (χ4v) is 2.80. The van der Waals surface area contributed by atoms with Crippen LogP contribution in [0.2, 0.25) is 13.1 Å². The highest BCUT2D eigenvalue weighted by Crippen LogP contribution is 2.17. The van der Waals surface area contributed by atoms with Crippen LogP contribution in [-0.4, -0.2) is 32.3 Å². The van der Waals surface area contributed by atoms with Gasteiger partial charge in [-0.15, -0.1) is 6.58 Å². The topological polar surface area (TPSA) is 12.5 Å². The first kappa shape index (κ1) is 22.3. The van der Waals surface area contributed by atoms with Gasteiger partial charge < -0.3 is 4.74 Å². The third-order valence-corrected chi connectivity index (χ3v) is 5.92. The van der Waals surface area contributed by atoms with Crippen LogP contribution in [0.25, 0.3) is 0 Å². The van der Waals surface area contributed by atoms with Crippen LogP contribution < -0.4 is 4.74 Å². The average Bonchev–Trinajstić information content (AvgIpc) is 2.58. The molecule has 1 rings (SSSR count). The van der Waals surface area contributed by atoms with Gasteiger partial charge in [0.25, 0.3) is 0 Å². The van der Waals surface area contributed by atoms with Gasteiger partial charge in [0.05, 0.1) is 6.23 Å². The van der Waals surface area contributed by atoms with Crippen molar-refractivity contribution in [3.8, 4) is 17.6 Å². The molecule has 0 heterocycles. The molecule has 0 saturated heterocycles. The van der Waals surface area contributed by atoms with Gasteiger partial charge in [-0.05, 0) is 51.1 Å². The van der Waals surface area contributed by atoms with E-state index in [-0.39, 0.29) is 5.41 Å². The van der Waals surface area contributed by atoms with Gasteiger partial charge in [0.2, 0.25) is 0 Å². The van der Waals surface area contributed by atoms with Crippen molar-refractivity contribution in [2.24, 2.45) is 5.41 Å². The predicted octanol–water partition coefficient (Wildman–Crippen LogP) is 5.47. The van der Waals surface area contributed by atoms with Gasteiger partial charge in [-0.2, -0.15) is 0 Å². The number of likely N-dealkylation sites (N-methyl/N-ethyl adjacent to an activating group) is 1. The molecule has 0 atom stereocenters. The number of hydrogen-bond acceptors (Lipinski definition) is 2. The zero-order valence-electron chi connectivity index (χ0n) is 17.4. The maximum atomic E-state index is 6.00. The predicted molar refractivity (Wildman–Crippen MR) is 117 cm³/mol. The second-order valence-corrected chi connectivity index (χ2v) is 13.1. The lowest BCUT2D eigenvalue weighted by Crippen LogP contribution is -2.32. The Morgan fingerprint density at radius 3 is 2.62 bits per heavy atom. The van der Waals surface area contributed by atoms with Crippen LogP contribution in [0.15, 0.2) is 48.7 Å². The molecule has 0 unspecified atom stereocenters. The Hall–Kier alpha value is -1.76. The van der Waals surface area contributed by atoms with Gasteiger partial charge in [0.15, 0.2) is 0 Å². The molecule has 0 N–H and O–H groups in total. The van der Waals surface area contributed by atoms with Gasteiger partial charge in [-0.1, -0.05) is 55.8 Å². The molecule has 0 aliphatic heterocycles. The molecule has 26 heavy (non-hydrogen) atoms. The molecule has 0 saturated carbocycles. The summed E-state index contributed by atoms with van der Waals surface area (Å²) in [7, 11) is -1.45. The van der Waals surface area contributed by atoms with Gasteiger partial charge in [0.1, 0.15) is 13.8 Å². The van der Waals surface area contributed by atoms with E-state index >= 15 is 0 Å². The largest absolute Gasteiger partial charge is 0.497 e. The number of ether oxygens (including phenoxy) is 1. The molecule has 0 bridgehead atoms. The molecule has 0 fully saturated rings. The maximum absolute atomic E-state index is 6.00. The molecule has 142 valence electrons. The van der Waals surface area contributed by atoms with Crippen LogP contribution in [0.1, 0.15) is 33.3 Å². The molecule has 0 amide bonds. The van der Waals surface area contributed by atoms with E-state index < -0.39 is 8.07 Å². The summed E-state index contributed by atoms with van der Waals surface area (Å²) in [6.45, 7) is 19.8. The minimum absolute atomic E-state index is 0.0538. The molecule has 0 spiro atoms. The Kier molecular flexibility index (Phi) is 8.91. The Bertz CT molecular complexity index is 659. The van der Waals surface area contributed by atoms with Crippen molar-refractivity contribution in [2.45, 2.75) is 47.3 Å². The minimum Gasteiger partial charge on any atom is -0.497 e. The zero-order chi connectivity index (χ0) is 19.6. The summed E-state index contributed by atoms with van der Waals surface area (Å²) in [5, 5.41) is 0. The fraction of sp³-hybridized carbons (Fsp3) is 0.478. The molecule has 0 aliphatic rings. The third kappa shape index (κ3) is 9.65. The van der Waals surface area contributed by atoms with E-state index in [9.17, 15) is 0 Å². The number of rotatable bonds is 9. The summed E-state index contributed by atoms with van der Waals surface area (Å²) in [5.41, 5.74) is 3.40. The highest BCUT2D eigenvalue weighted by Gasteiger charge is 2.17. The van der Waals surface area contributed by atoms with Crippen molar-refractivity contribution in [1.82, 2.24) is 4.90 Å². The summed E-state index contributed by atoms with van der Waals surface area (Å²) in [4.78, 5) is 2.39. The van der Waals surface area contributed by atoms with Gasteiger partial charge in [-0.3, -0.25) is 4.90 Å². The molecular formula is C23H35NOSi. The first-order chi connectivity index (χ1) is 12.1. The second kappa shape index (κ2) is 10.4. The van der Waals surface area contributed by atoms with E-state index in [1.165, 1.54) is 5.56 Å². The van der Waals surface area contributed by atoms with Gasteiger partial charge in [-0.25, -0.2) is 0 Å². The summed E-state index contributed by atoms with van der Waals surface area (Å²) < 4.78 is 6.00. The van der Waals surface area contributed by atoms with Crippen LogP contribution in [0, 0.1) is 17.3 Å². The van der Waals surface area contributed by atoms with Crippen molar-refractivity contribution in [3.63, 3.8) is 0 Å². The lowest BCUT2D eigenvalue weighted by molar-refractivity contribution is 0.310. The number of nitrogens with zero attached hydrogens (tertiary/aromatic N) is 1. The Morgan fingerprint density at radius 1 is 1.27 bits per heavy atom. The Morgan fingerprint density at radius 2 is 2.00 bits per heavy atom.